The van der Waals surface area contributed by atoms with E-state index in [2.05, 4.69) is 5.32 Å². The van der Waals surface area contributed by atoms with Crippen LogP contribution < -0.4 is 5.32 Å². The maximum atomic E-state index is 12.1. The van der Waals surface area contributed by atoms with Gasteiger partial charge in [0.05, 0.1) is 6.61 Å². The normalized spacial score (nSPS) is 16.1. The van der Waals surface area contributed by atoms with Crippen molar-refractivity contribution in [2.75, 3.05) is 19.8 Å². The highest BCUT2D eigenvalue weighted by Gasteiger charge is 2.37. The van der Waals surface area contributed by atoms with Gasteiger partial charge in [-0.25, -0.2) is 0 Å². The second-order valence-corrected chi connectivity index (χ2v) is 3.68. The van der Waals surface area contributed by atoms with Gasteiger partial charge in [-0.3, -0.25) is 0 Å². The van der Waals surface area contributed by atoms with Crippen LogP contribution in [0, 0.1) is 0 Å². The summed E-state index contributed by atoms with van der Waals surface area (Å²) in [5.74, 6) is 0. The van der Waals surface area contributed by atoms with Gasteiger partial charge >= 0.3 is 6.18 Å². The molecule has 0 fully saturated rings. The Balaban J connectivity index is 3.91. The summed E-state index contributed by atoms with van der Waals surface area (Å²) in [7, 11) is 0. The maximum Gasteiger partial charge on any atom is 0.414 e. The molecule has 0 aromatic heterocycles. The molecule has 0 aliphatic carbocycles. The highest BCUT2D eigenvalue weighted by atomic mass is 19.4. The fraction of sp³-hybridized carbons (Fsp3) is 1.00. The predicted octanol–water partition coefficient (Wildman–Crippen LogP) is 1.70. The van der Waals surface area contributed by atoms with Crippen LogP contribution in [0.1, 0.15) is 26.7 Å². The van der Waals surface area contributed by atoms with Crippen molar-refractivity contribution in [1.29, 1.82) is 0 Å². The number of nitrogens with one attached hydrogen (secondary N) is 1. The number of alkyl halides is 3. The van der Waals surface area contributed by atoms with E-state index in [1.165, 1.54) is 0 Å². The topological polar surface area (TPSA) is 41.5 Å². The van der Waals surface area contributed by atoms with E-state index in [9.17, 15) is 13.2 Å². The first-order valence-electron chi connectivity index (χ1n) is 5.44. The molecule has 3 nitrogen and oxygen atoms in total. The minimum atomic E-state index is -4.32. The second kappa shape index (κ2) is 7.86. The monoisotopic (exact) mass is 243 g/mol. The van der Waals surface area contributed by atoms with Crippen LogP contribution in [0.5, 0.6) is 0 Å². The molecule has 0 bridgehead atoms. The van der Waals surface area contributed by atoms with Gasteiger partial charge in [0.25, 0.3) is 0 Å². The van der Waals surface area contributed by atoms with Crippen LogP contribution in [0.15, 0.2) is 0 Å². The summed E-state index contributed by atoms with van der Waals surface area (Å²) in [6.07, 6.45) is -4.81. The molecule has 2 atom stereocenters. The molecule has 0 radical (unpaired) electrons. The summed E-state index contributed by atoms with van der Waals surface area (Å²) in [6.45, 7) is 3.54. The lowest BCUT2D eigenvalue weighted by molar-refractivity contribution is -0.215. The van der Waals surface area contributed by atoms with Crippen LogP contribution in [0.2, 0.25) is 0 Å². The summed E-state index contributed by atoms with van der Waals surface area (Å²) in [4.78, 5) is 0. The number of hydrogen-bond donors (Lipinski definition) is 2. The third kappa shape index (κ3) is 7.03. The minimum Gasteiger partial charge on any atom is -0.396 e. The molecule has 98 valence electrons. The molecule has 0 heterocycles. The molecule has 0 spiro atoms. The van der Waals surface area contributed by atoms with Gasteiger partial charge in [0.15, 0.2) is 6.10 Å². The smallest absolute Gasteiger partial charge is 0.396 e. The van der Waals surface area contributed by atoms with Crippen molar-refractivity contribution in [2.45, 2.75) is 45.0 Å². The van der Waals surface area contributed by atoms with Crippen molar-refractivity contribution in [1.82, 2.24) is 5.32 Å². The van der Waals surface area contributed by atoms with E-state index < -0.39 is 12.3 Å². The van der Waals surface area contributed by atoms with Crippen LogP contribution in [-0.4, -0.2) is 43.2 Å². The SMILES string of the molecule is CCCNC(CCO)COC(C)C(F)(F)F. The number of aliphatic hydroxyl groups excluding tert-OH is 1. The summed E-state index contributed by atoms with van der Waals surface area (Å²) < 4.78 is 41.1. The minimum absolute atomic E-state index is 0.0404. The Bertz CT molecular complexity index is 176. The summed E-state index contributed by atoms with van der Waals surface area (Å²) in [6, 6.07) is -0.227. The Morgan fingerprint density at radius 1 is 1.38 bits per heavy atom. The molecule has 0 amide bonds. The Kier molecular flexibility index (Phi) is 7.70. The lowest BCUT2D eigenvalue weighted by Crippen LogP contribution is -2.38. The van der Waals surface area contributed by atoms with E-state index in [1.54, 1.807) is 0 Å². The molecule has 0 aromatic carbocycles. The molecule has 0 aliphatic heterocycles. The van der Waals surface area contributed by atoms with Crippen molar-refractivity contribution in [2.24, 2.45) is 0 Å². The number of hydrogen-bond acceptors (Lipinski definition) is 3. The predicted molar refractivity (Wildman–Crippen MR) is 55.3 cm³/mol. The van der Waals surface area contributed by atoms with Crippen LogP contribution in [0.25, 0.3) is 0 Å². The van der Waals surface area contributed by atoms with Crippen molar-refractivity contribution < 1.29 is 23.0 Å². The summed E-state index contributed by atoms with van der Waals surface area (Å²) in [5.41, 5.74) is 0. The fourth-order valence-electron chi connectivity index (χ4n) is 1.10. The van der Waals surface area contributed by atoms with Gasteiger partial charge in [0.2, 0.25) is 0 Å². The summed E-state index contributed by atoms with van der Waals surface area (Å²) >= 11 is 0. The van der Waals surface area contributed by atoms with Crippen molar-refractivity contribution in [3.05, 3.63) is 0 Å². The van der Waals surface area contributed by atoms with Gasteiger partial charge in [-0.2, -0.15) is 13.2 Å². The maximum absolute atomic E-state index is 12.1. The molecule has 16 heavy (non-hydrogen) atoms. The van der Waals surface area contributed by atoms with Crippen LogP contribution in [-0.2, 0) is 4.74 Å². The standard InChI is InChI=1S/C10H20F3NO2/c1-3-5-14-9(4-6-15)7-16-8(2)10(11,12)13/h8-9,14-15H,3-7H2,1-2H3. The Morgan fingerprint density at radius 3 is 2.44 bits per heavy atom. The molecular weight excluding hydrogens is 223 g/mol. The van der Waals surface area contributed by atoms with Crippen molar-refractivity contribution >= 4 is 0 Å². The Morgan fingerprint density at radius 2 is 2.00 bits per heavy atom. The molecule has 6 heteroatoms. The van der Waals surface area contributed by atoms with Crippen LogP contribution in [0.3, 0.4) is 0 Å². The fourth-order valence-corrected chi connectivity index (χ4v) is 1.10. The Labute approximate surface area is 94.0 Å². The lowest BCUT2D eigenvalue weighted by atomic mass is 10.2. The molecule has 0 rings (SSSR count). The van der Waals surface area contributed by atoms with Crippen molar-refractivity contribution in [3.8, 4) is 0 Å². The average Bonchev–Trinajstić information content (AvgIpc) is 2.20. The van der Waals surface area contributed by atoms with Crippen LogP contribution in [0.4, 0.5) is 13.2 Å². The third-order valence-corrected chi connectivity index (χ3v) is 2.17. The van der Waals surface area contributed by atoms with E-state index in [-0.39, 0.29) is 19.3 Å². The number of rotatable bonds is 8. The van der Waals surface area contributed by atoms with Gasteiger partial charge in [-0.1, -0.05) is 6.92 Å². The third-order valence-electron chi connectivity index (χ3n) is 2.17. The highest BCUT2D eigenvalue weighted by molar-refractivity contribution is 4.68. The average molecular weight is 243 g/mol. The molecular formula is C10H20F3NO2. The summed E-state index contributed by atoms with van der Waals surface area (Å²) in [5, 5.41) is 11.8. The van der Waals surface area contributed by atoms with Gasteiger partial charge in [0, 0.05) is 12.6 Å². The number of halogens is 3. The zero-order valence-electron chi connectivity index (χ0n) is 9.68. The van der Waals surface area contributed by atoms with Crippen molar-refractivity contribution in [3.63, 3.8) is 0 Å². The molecule has 2 N–H and O–H groups in total. The molecule has 0 saturated carbocycles. The molecule has 2 unspecified atom stereocenters. The Hall–Kier alpha value is -0.330. The second-order valence-electron chi connectivity index (χ2n) is 3.68. The largest absolute Gasteiger partial charge is 0.414 e. The van der Waals surface area contributed by atoms with E-state index >= 15 is 0 Å². The van der Waals surface area contributed by atoms with Gasteiger partial charge in [-0.05, 0) is 26.3 Å². The zero-order valence-corrected chi connectivity index (χ0v) is 9.68. The van der Waals surface area contributed by atoms with Gasteiger partial charge in [0.1, 0.15) is 0 Å². The zero-order chi connectivity index (χ0) is 12.6. The van der Waals surface area contributed by atoms with Crippen LogP contribution >= 0.6 is 0 Å². The first kappa shape index (κ1) is 15.7. The lowest BCUT2D eigenvalue weighted by Gasteiger charge is -2.22. The van der Waals surface area contributed by atoms with Gasteiger partial charge in [-0.15, -0.1) is 0 Å². The molecule has 0 aliphatic rings. The van der Waals surface area contributed by atoms with E-state index in [0.29, 0.717) is 13.0 Å². The van der Waals surface area contributed by atoms with E-state index in [4.69, 9.17) is 9.84 Å². The van der Waals surface area contributed by atoms with Gasteiger partial charge < -0.3 is 15.2 Å². The van der Waals surface area contributed by atoms with E-state index in [0.717, 1.165) is 13.3 Å². The quantitative estimate of drug-likeness (QED) is 0.682. The van der Waals surface area contributed by atoms with E-state index in [1.807, 2.05) is 6.92 Å². The highest BCUT2D eigenvalue weighted by Crippen LogP contribution is 2.22. The first-order valence-corrected chi connectivity index (χ1v) is 5.44. The molecule has 0 saturated heterocycles. The number of ether oxygens (including phenoxy) is 1. The number of aliphatic hydroxyl groups is 1. The first-order chi connectivity index (χ1) is 7.41. The molecule has 0 aromatic rings.